The molecule has 0 aliphatic carbocycles. The summed E-state index contributed by atoms with van der Waals surface area (Å²) in [5.41, 5.74) is 11.1. The summed E-state index contributed by atoms with van der Waals surface area (Å²) in [5.74, 6) is 2.34. The van der Waals surface area contributed by atoms with Crippen LogP contribution in [0.2, 0.25) is 0 Å². The highest BCUT2D eigenvalue weighted by molar-refractivity contribution is 6.21. The largest absolute Gasteiger partial charge is 0.324 e. The number of aromatic amines is 2. The van der Waals surface area contributed by atoms with Gasteiger partial charge in [-0.15, -0.1) is 0 Å². The van der Waals surface area contributed by atoms with Crippen LogP contribution in [-0.2, 0) is 21.7 Å². The highest BCUT2D eigenvalue weighted by Crippen LogP contribution is 2.45. The van der Waals surface area contributed by atoms with Crippen LogP contribution in [0.4, 0.5) is 0 Å². The fraction of sp³-hybridized carbons (Fsp3) is 0.250. The molecule has 8 bridgehead atoms. The lowest BCUT2D eigenvalue weighted by atomic mass is 9.85. The standard InChI is InChI=1S/C64H58N8/c1-61(2,3)37-21-13-33-17-25-41-49(45(33)29-37)57-67-53(41)65-54-43-27-19-35-15-23-39(63(7,8)9)31-47(35)51(43)59(69-54)72-60-52-44(28-20-36-16-24-40(32-48(36)52)64(10,11)12)56(70-60)66-55-42-26-18-34-14-22-38(62(4,5)6)30-46(34)50(42)58(68-55)71-57/h13-32H,1-12H3,(H2,65,66,67,68,69,70,71,72). The maximum Gasteiger partial charge on any atom is 0.165 e. The van der Waals surface area contributed by atoms with Crippen molar-refractivity contribution in [3.05, 3.63) is 144 Å². The van der Waals surface area contributed by atoms with E-state index in [-0.39, 0.29) is 21.7 Å². The van der Waals surface area contributed by atoms with Crippen LogP contribution in [0.5, 0.6) is 0 Å². The molecule has 0 unspecified atom stereocenters. The van der Waals surface area contributed by atoms with Gasteiger partial charge >= 0.3 is 0 Å². The maximum atomic E-state index is 5.65. The number of nitrogens with one attached hydrogen (secondary N) is 2. The van der Waals surface area contributed by atoms with Gasteiger partial charge < -0.3 is 9.97 Å². The van der Waals surface area contributed by atoms with Crippen LogP contribution in [0.3, 0.4) is 0 Å². The van der Waals surface area contributed by atoms with E-state index < -0.39 is 0 Å². The first-order valence-electron chi connectivity index (χ1n) is 25.3. The lowest BCUT2D eigenvalue weighted by molar-refractivity contribution is 0.591. The van der Waals surface area contributed by atoms with Gasteiger partial charge in [0.1, 0.15) is 22.6 Å². The zero-order chi connectivity index (χ0) is 50.0. The van der Waals surface area contributed by atoms with Gasteiger partial charge in [-0.2, -0.15) is 0 Å². The lowest BCUT2D eigenvalue weighted by Gasteiger charge is -2.20. The van der Waals surface area contributed by atoms with Gasteiger partial charge in [0.2, 0.25) is 0 Å². The van der Waals surface area contributed by atoms with Crippen molar-refractivity contribution in [1.29, 1.82) is 0 Å². The van der Waals surface area contributed by atoms with E-state index in [1.165, 1.54) is 22.3 Å². The van der Waals surface area contributed by atoms with Gasteiger partial charge in [0.25, 0.3) is 0 Å². The molecule has 0 saturated carbocycles. The molecule has 2 N–H and O–H groups in total. The molecule has 3 aromatic heterocycles. The zero-order valence-electron chi connectivity index (χ0n) is 43.2. The number of fused-ring (bicyclic) bond motifs is 28. The van der Waals surface area contributed by atoms with E-state index in [4.69, 9.17) is 29.9 Å². The number of hydrogen-bond acceptors (Lipinski definition) is 6. The smallest absolute Gasteiger partial charge is 0.165 e. The van der Waals surface area contributed by atoms with Crippen LogP contribution in [-0.4, -0.2) is 39.9 Å². The Labute approximate surface area is 419 Å². The van der Waals surface area contributed by atoms with Crippen molar-refractivity contribution < 1.29 is 0 Å². The molecule has 0 fully saturated rings. The van der Waals surface area contributed by atoms with Gasteiger partial charge in [0.05, 0.1) is 0 Å². The predicted molar refractivity (Wildman–Crippen MR) is 301 cm³/mol. The second-order valence-electron chi connectivity index (χ2n) is 24.3. The molecule has 0 atom stereocenters. The van der Waals surface area contributed by atoms with Crippen LogP contribution in [0.15, 0.2) is 121 Å². The summed E-state index contributed by atoms with van der Waals surface area (Å²) in [4.78, 5) is 40.9. The summed E-state index contributed by atoms with van der Waals surface area (Å²) in [6.07, 6.45) is 0. The monoisotopic (exact) mass is 938 g/mol. The van der Waals surface area contributed by atoms with Crippen LogP contribution in [0, 0.1) is 0 Å². The topological polar surface area (TPSA) is 109 Å². The fourth-order valence-electron chi connectivity index (χ4n) is 10.9. The number of H-pyrrole nitrogens is 2. The maximum absolute atomic E-state index is 5.65. The Hall–Kier alpha value is -7.84. The molecule has 11 aromatic rings. The highest BCUT2D eigenvalue weighted by atomic mass is 15.1. The average molecular weight is 939 g/mol. The van der Waals surface area contributed by atoms with Crippen molar-refractivity contribution in [3.8, 4) is 45.6 Å². The minimum absolute atomic E-state index is 0.0799. The molecule has 0 amide bonds. The third-order valence-electron chi connectivity index (χ3n) is 15.2. The quantitative estimate of drug-likeness (QED) is 0.157. The molecule has 0 radical (unpaired) electrons. The number of rotatable bonds is 0. The molecule has 0 spiro atoms. The van der Waals surface area contributed by atoms with Crippen LogP contribution in [0.25, 0.3) is 133 Å². The van der Waals surface area contributed by atoms with E-state index in [0.29, 0.717) is 45.9 Å². The lowest BCUT2D eigenvalue weighted by Crippen LogP contribution is -2.10. The first-order chi connectivity index (χ1) is 34.2. The molecular formula is C64H58N8. The van der Waals surface area contributed by atoms with E-state index >= 15 is 0 Å². The number of nitrogens with zero attached hydrogens (tertiary/aromatic N) is 6. The van der Waals surface area contributed by atoms with E-state index in [1.54, 1.807) is 0 Å². The van der Waals surface area contributed by atoms with Crippen molar-refractivity contribution >= 4 is 87.2 Å². The normalized spacial score (nSPS) is 13.3. The van der Waals surface area contributed by atoms with Crippen LogP contribution in [0.1, 0.15) is 105 Å². The number of hydrogen-bond donors (Lipinski definition) is 2. The molecule has 2 aliphatic rings. The third-order valence-corrected chi connectivity index (χ3v) is 15.2. The molecule has 72 heavy (non-hydrogen) atoms. The molecule has 8 nitrogen and oxygen atoms in total. The Morgan fingerprint density at radius 3 is 0.917 bits per heavy atom. The Morgan fingerprint density at radius 1 is 0.278 bits per heavy atom. The van der Waals surface area contributed by atoms with Gasteiger partial charge in [-0.25, -0.2) is 29.9 Å². The summed E-state index contributed by atoms with van der Waals surface area (Å²) >= 11 is 0. The van der Waals surface area contributed by atoms with Crippen molar-refractivity contribution in [2.45, 2.75) is 105 Å². The Balaban J connectivity index is 1.25. The Bertz CT molecular complexity index is 4090. The molecule has 8 heteroatoms. The summed E-state index contributed by atoms with van der Waals surface area (Å²) < 4.78 is 0. The predicted octanol–water partition coefficient (Wildman–Crippen LogP) is 16.7. The summed E-state index contributed by atoms with van der Waals surface area (Å²) in [6, 6.07) is 44.6. The van der Waals surface area contributed by atoms with Crippen LogP contribution < -0.4 is 0 Å². The average Bonchev–Trinajstić information content (AvgIpc) is 4.08. The zero-order valence-corrected chi connectivity index (χ0v) is 43.2. The van der Waals surface area contributed by atoms with Crippen molar-refractivity contribution in [1.82, 2.24) is 39.9 Å². The molecular weight excluding hydrogens is 881 g/mol. The molecule has 13 rings (SSSR count). The van der Waals surface area contributed by atoms with E-state index in [0.717, 1.165) is 86.9 Å². The second kappa shape index (κ2) is 14.9. The van der Waals surface area contributed by atoms with Gasteiger partial charge in [-0.05, 0) is 136 Å². The Kier molecular flexibility index (Phi) is 9.11. The number of aromatic nitrogens is 8. The molecule has 8 aromatic carbocycles. The Morgan fingerprint density at radius 2 is 0.569 bits per heavy atom. The van der Waals surface area contributed by atoms with Gasteiger partial charge in [0, 0.05) is 43.8 Å². The molecule has 5 heterocycles. The molecule has 354 valence electrons. The van der Waals surface area contributed by atoms with Crippen LogP contribution >= 0.6 is 0 Å². The van der Waals surface area contributed by atoms with Crippen molar-refractivity contribution in [3.63, 3.8) is 0 Å². The minimum atomic E-state index is -0.0819. The SMILES string of the molecule is CC(C)(C)c1ccc2ccc3c(c2c1)-c1nc-3nc2[nH]c(nc3nc(nc4[nH]c(n1)c1c5cc(C(C)(C)C)ccc5ccc41)-c1ccc4ccc(C(C)(C)C)cc4c1-3)c1c3cc(C(C)(C)C)ccc3ccc21. The minimum Gasteiger partial charge on any atom is -0.324 e. The first-order valence-corrected chi connectivity index (χ1v) is 25.3. The third kappa shape index (κ3) is 6.86. The van der Waals surface area contributed by atoms with E-state index in [9.17, 15) is 0 Å². The van der Waals surface area contributed by atoms with E-state index in [2.05, 4.69) is 214 Å². The van der Waals surface area contributed by atoms with Crippen molar-refractivity contribution in [2.24, 2.45) is 0 Å². The van der Waals surface area contributed by atoms with E-state index in [1.807, 2.05) is 0 Å². The first kappa shape index (κ1) is 44.1. The van der Waals surface area contributed by atoms with Gasteiger partial charge in [-0.1, -0.05) is 156 Å². The fourth-order valence-corrected chi connectivity index (χ4v) is 10.9. The summed E-state index contributed by atoms with van der Waals surface area (Å²) in [7, 11) is 0. The van der Waals surface area contributed by atoms with Crippen molar-refractivity contribution in [2.75, 3.05) is 0 Å². The summed E-state index contributed by atoms with van der Waals surface area (Å²) in [6.45, 7) is 27.1. The van der Waals surface area contributed by atoms with Gasteiger partial charge in [0.15, 0.2) is 23.3 Å². The second-order valence-corrected chi connectivity index (χ2v) is 24.3. The highest BCUT2D eigenvalue weighted by Gasteiger charge is 2.28. The molecule has 0 saturated heterocycles. The van der Waals surface area contributed by atoms with Gasteiger partial charge in [-0.3, -0.25) is 0 Å². The summed E-state index contributed by atoms with van der Waals surface area (Å²) in [5, 5.41) is 12.7. The number of benzene rings is 8. The molecule has 2 aliphatic heterocycles.